The summed E-state index contributed by atoms with van der Waals surface area (Å²) in [4.78, 5) is 24.9. The summed E-state index contributed by atoms with van der Waals surface area (Å²) in [6.07, 6.45) is 5.95. The molecule has 0 unspecified atom stereocenters. The number of hydrogen-bond acceptors (Lipinski definition) is 5. The second-order valence-electron chi connectivity index (χ2n) is 4.99. The van der Waals surface area contributed by atoms with E-state index in [2.05, 4.69) is 14.9 Å². The molecule has 2 fully saturated rings. The molecule has 2 aliphatic rings. The van der Waals surface area contributed by atoms with Crippen molar-refractivity contribution in [3.05, 3.63) is 12.3 Å². The maximum absolute atomic E-state index is 12.0. The second kappa shape index (κ2) is 5.36. The van der Waals surface area contributed by atoms with E-state index in [4.69, 9.17) is 0 Å². The SMILES string of the molecule is CSc1nccc(N2CCN(C(=O)C3CC3)CC2)n1. The third-order valence-corrected chi connectivity index (χ3v) is 4.21. The monoisotopic (exact) mass is 278 g/mol. The molecule has 5 nitrogen and oxygen atoms in total. The van der Waals surface area contributed by atoms with Gasteiger partial charge in [-0.3, -0.25) is 4.79 Å². The van der Waals surface area contributed by atoms with E-state index in [1.54, 1.807) is 18.0 Å². The summed E-state index contributed by atoms with van der Waals surface area (Å²) >= 11 is 1.55. The Morgan fingerprint density at radius 3 is 2.68 bits per heavy atom. The maximum Gasteiger partial charge on any atom is 0.225 e. The minimum absolute atomic E-state index is 0.327. The zero-order valence-corrected chi connectivity index (χ0v) is 11.9. The molecule has 0 N–H and O–H groups in total. The molecular weight excluding hydrogens is 260 g/mol. The summed E-state index contributed by atoms with van der Waals surface area (Å²) in [6, 6.07) is 1.94. The third kappa shape index (κ3) is 2.83. The molecule has 1 aliphatic carbocycles. The molecule has 1 aromatic rings. The molecule has 1 saturated heterocycles. The van der Waals surface area contributed by atoms with Gasteiger partial charge in [0.25, 0.3) is 0 Å². The molecule has 0 atom stereocenters. The van der Waals surface area contributed by atoms with E-state index in [1.807, 2.05) is 17.2 Å². The van der Waals surface area contributed by atoms with Crippen LogP contribution in [0.25, 0.3) is 0 Å². The van der Waals surface area contributed by atoms with Crippen molar-refractivity contribution in [2.75, 3.05) is 37.3 Å². The van der Waals surface area contributed by atoms with Crippen LogP contribution in [0.4, 0.5) is 5.82 Å². The standard InChI is InChI=1S/C13H18N4OS/c1-19-13-14-5-4-11(15-13)16-6-8-17(9-7-16)12(18)10-2-3-10/h4-5,10H,2-3,6-9H2,1H3. The number of piperazine rings is 1. The fraction of sp³-hybridized carbons (Fsp3) is 0.615. The Bertz CT molecular complexity index is 469. The average Bonchev–Trinajstić information content (AvgIpc) is 3.31. The molecular formula is C13H18N4OS. The lowest BCUT2D eigenvalue weighted by atomic mass is 10.2. The predicted octanol–water partition coefficient (Wildman–Crippen LogP) is 1.26. The van der Waals surface area contributed by atoms with Gasteiger partial charge in [0.1, 0.15) is 5.82 Å². The number of nitrogens with zero attached hydrogens (tertiary/aromatic N) is 4. The normalized spacial score (nSPS) is 19.6. The first kappa shape index (κ1) is 12.7. The van der Waals surface area contributed by atoms with Crippen molar-refractivity contribution in [1.82, 2.24) is 14.9 Å². The minimum atomic E-state index is 0.327. The van der Waals surface area contributed by atoms with E-state index < -0.39 is 0 Å². The van der Waals surface area contributed by atoms with Crippen LogP contribution in [0.3, 0.4) is 0 Å². The molecule has 19 heavy (non-hydrogen) atoms. The smallest absolute Gasteiger partial charge is 0.225 e. The van der Waals surface area contributed by atoms with Gasteiger partial charge in [0.2, 0.25) is 5.91 Å². The number of anilines is 1. The van der Waals surface area contributed by atoms with Crippen molar-refractivity contribution in [3.8, 4) is 0 Å². The number of amides is 1. The van der Waals surface area contributed by atoms with Gasteiger partial charge in [0.15, 0.2) is 5.16 Å². The molecule has 0 aromatic carbocycles. The Balaban J connectivity index is 1.61. The third-order valence-electron chi connectivity index (χ3n) is 3.64. The van der Waals surface area contributed by atoms with Crippen LogP contribution >= 0.6 is 11.8 Å². The number of carbonyl (C=O) groups excluding carboxylic acids is 1. The van der Waals surface area contributed by atoms with Crippen LogP contribution in [-0.2, 0) is 4.79 Å². The van der Waals surface area contributed by atoms with Gasteiger partial charge >= 0.3 is 0 Å². The molecule has 1 aliphatic heterocycles. The average molecular weight is 278 g/mol. The fourth-order valence-electron chi connectivity index (χ4n) is 2.35. The van der Waals surface area contributed by atoms with Gasteiger partial charge in [-0.25, -0.2) is 9.97 Å². The first-order chi connectivity index (χ1) is 9.28. The summed E-state index contributed by atoms with van der Waals surface area (Å²) < 4.78 is 0. The van der Waals surface area contributed by atoms with Gasteiger partial charge in [-0.15, -0.1) is 0 Å². The molecule has 1 amide bonds. The minimum Gasteiger partial charge on any atom is -0.353 e. The van der Waals surface area contributed by atoms with E-state index in [0.29, 0.717) is 11.8 Å². The molecule has 1 aromatic heterocycles. The van der Waals surface area contributed by atoms with Crippen molar-refractivity contribution < 1.29 is 4.79 Å². The molecule has 0 radical (unpaired) electrons. The first-order valence-corrected chi connectivity index (χ1v) is 7.91. The molecule has 6 heteroatoms. The Morgan fingerprint density at radius 2 is 2.05 bits per heavy atom. The van der Waals surface area contributed by atoms with E-state index in [9.17, 15) is 4.79 Å². The topological polar surface area (TPSA) is 49.3 Å². The predicted molar refractivity (Wildman–Crippen MR) is 75.3 cm³/mol. The summed E-state index contributed by atoms with van der Waals surface area (Å²) in [5, 5.41) is 0.800. The van der Waals surface area contributed by atoms with Crippen LogP contribution in [0.2, 0.25) is 0 Å². The van der Waals surface area contributed by atoms with Crippen LogP contribution in [0.5, 0.6) is 0 Å². The summed E-state index contributed by atoms with van der Waals surface area (Å²) in [5.41, 5.74) is 0. The van der Waals surface area contributed by atoms with E-state index in [0.717, 1.165) is 50.0 Å². The van der Waals surface area contributed by atoms with Crippen molar-refractivity contribution in [2.45, 2.75) is 18.0 Å². The fourth-order valence-corrected chi connectivity index (χ4v) is 2.70. The number of hydrogen-bond donors (Lipinski definition) is 0. The van der Waals surface area contributed by atoms with E-state index >= 15 is 0 Å². The largest absolute Gasteiger partial charge is 0.353 e. The lowest BCUT2D eigenvalue weighted by Gasteiger charge is -2.35. The molecule has 1 saturated carbocycles. The van der Waals surface area contributed by atoms with Crippen LogP contribution in [0.1, 0.15) is 12.8 Å². The first-order valence-electron chi connectivity index (χ1n) is 6.68. The lowest BCUT2D eigenvalue weighted by Crippen LogP contribution is -2.49. The molecule has 3 rings (SSSR count). The molecule has 0 bridgehead atoms. The van der Waals surface area contributed by atoms with Crippen molar-refractivity contribution in [3.63, 3.8) is 0 Å². The van der Waals surface area contributed by atoms with Gasteiger partial charge in [0.05, 0.1) is 0 Å². The molecule has 0 spiro atoms. The quantitative estimate of drug-likeness (QED) is 0.615. The zero-order chi connectivity index (χ0) is 13.2. The Hall–Kier alpha value is -1.30. The zero-order valence-electron chi connectivity index (χ0n) is 11.1. The number of aromatic nitrogens is 2. The van der Waals surface area contributed by atoms with Gasteiger partial charge in [-0.2, -0.15) is 0 Å². The highest BCUT2D eigenvalue weighted by Gasteiger charge is 2.34. The second-order valence-corrected chi connectivity index (χ2v) is 5.76. The Labute approximate surface area is 117 Å². The van der Waals surface area contributed by atoms with Gasteiger partial charge < -0.3 is 9.80 Å². The van der Waals surface area contributed by atoms with Crippen molar-refractivity contribution in [2.24, 2.45) is 5.92 Å². The highest BCUT2D eigenvalue weighted by molar-refractivity contribution is 7.98. The van der Waals surface area contributed by atoms with E-state index in [-0.39, 0.29) is 0 Å². The number of rotatable bonds is 3. The molecule has 2 heterocycles. The summed E-state index contributed by atoms with van der Waals surface area (Å²) in [6.45, 7) is 3.36. The van der Waals surface area contributed by atoms with Crippen LogP contribution in [-0.4, -0.2) is 53.2 Å². The summed E-state index contributed by atoms with van der Waals surface area (Å²) in [7, 11) is 0. The van der Waals surface area contributed by atoms with Crippen LogP contribution in [0, 0.1) is 5.92 Å². The van der Waals surface area contributed by atoms with Gasteiger partial charge in [-0.05, 0) is 25.2 Å². The highest BCUT2D eigenvalue weighted by Crippen LogP contribution is 2.31. The lowest BCUT2D eigenvalue weighted by molar-refractivity contribution is -0.132. The van der Waals surface area contributed by atoms with Crippen molar-refractivity contribution >= 4 is 23.5 Å². The van der Waals surface area contributed by atoms with Crippen LogP contribution < -0.4 is 4.90 Å². The Morgan fingerprint density at radius 1 is 1.32 bits per heavy atom. The highest BCUT2D eigenvalue weighted by atomic mass is 32.2. The molecule has 102 valence electrons. The number of thioether (sulfide) groups is 1. The van der Waals surface area contributed by atoms with Crippen molar-refractivity contribution in [1.29, 1.82) is 0 Å². The number of carbonyl (C=O) groups is 1. The van der Waals surface area contributed by atoms with E-state index in [1.165, 1.54) is 0 Å². The summed E-state index contributed by atoms with van der Waals surface area (Å²) in [5.74, 6) is 1.65. The van der Waals surface area contributed by atoms with Crippen LogP contribution in [0.15, 0.2) is 17.4 Å². The van der Waals surface area contributed by atoms with Gasteiger partial charge in [-0.1, -0.05) is 11.8 Å². The van der Waals surface area contributed by atoms with Gasteiger partial charge in [0, 0.05) is 38.3 Å². The maximum atomic E-state index is 12.0. The Kier molecular flexibility index (Phi) is 3.59.